The summed E-state index contributed by atoms with van der Waals surface area (Å²) < 4.78 is 27.7. The third kappa shape index (κ3) is 9.43. The first-order valence-electron chi connectivity index (χ1n) is 19.0. The lowest BCUT2D eigenvalue weighted by Gasteiger charge is -2.28. The Bertz CT molecular complexity index is 2310. The van der Waals surface area contributed by atoms with Crippen LogP contribution in [0.15, 0.2) is 110 Å². The van der Waals surface area contributed by atoms with Gasteiger partial charge in [0.15, 0.2) is 0 Å². The lowest BCUT2D eigenvalue weighted by molar-refractivity contribution is 0.0684. The molecule has 2 atom stereocenters. The molecular weight excluding hydrogens is 781 g/mol. The quantitative estimate of drug-likeness (QED) is 0.108. The van der Waals surface area contributed by atoms with E-state index >= 15 is 0 Å². The summed E-state index contributed by atoms with van der Waals surface area (Å²) in [4.78, 5) is 31.0. The number of carboxylic acids is 2. The van der Waals surface area contributed by atoms with Crippen molar-refractivity contribution in [1.29, 1.82) is 0 Å². The molecule has 12 heteroatoms. The van der Waals surface area contributed by atoms with Crippen LogP contribution in [0.1, 0.15) is 79.0 Å². The van der Waals surface area contributed by atoms with Gasteiger partial charge >= 0.3 is 11.9 Å². The van der Waals surface area contributed by atoms with Crippen LogP contribution in [-0.4, -0.2) is 45.2 Å². The fourth-order valence-electron chi connectivity index (χ4n) is 7.80. The summed E-state index contributed by atoms with van der Waals surface area (Å²) >= 11 is 11.6. The number of halogens is 4. The average Bonchev–Trinajstić information content (AvgIpc) is 3.24. The van der Waals surface area contributed by atoms with Gasteiger partial charge in [0.25, 0.3) is 0 Å². The maximum absolute atomic E-state index is 13.8. The molecule has 0 amide bonds. The summed E-state index contributed by atoms with van der Waals surface area (Å²) in [5, 5.41) is 26.0. The monoisotopic (exact) mass is 820 g/mol. The maximum Gasteiger partial charge on any atom is 0.336 e. The minimum atomic E-state index is -0.931. The van der Waals surface area contributed by atoms with Crippen LogP contribution >= 0.6 is 23.2 Å². The standard InChI is InChI=1S/2C23H20ClFN2O2/c2*24-20-5-2-15(12-21(20)25)14-1-4-18-16(11-14)7-10-27-22(18)6-3-17-13-26-9-8-19(17)23(28)29/h2*1-2,4-5,8-9,11-13,22,27H,3,6-7,10H2,(H,28,29)/t2*22-/m10/s1. The first kappa shape index (κ1) is 40.7. The van der Waals surface area contributed by atoms with E-state index in [-0.39, 0.29) is 22.1 Å². The number of aromatic nitrogens is 2. The molecule has 4 aromatic carbocycles. The maximum atomic E-state index is 13.8. The molecule has 2 aliphatic rings. The molecule has 0 spiro atoms. The Balaban J connectivity index is 0.000000177. The summed E-state index contributed by atoms with van der Waals surface area (Å²) in [5.74, 6) is -2.71. The van der Waals surface area contributed by atoms with E-state index in [0.29, 0.717) is 24.0 Å². The first-order chi connectivity index (χ1) is 28.0. The summed E-state index contributed by atoms with van der Waals surface area (Å²) in [6.07, 6.45) is 10.8. The molecule has 4 N–H and O–H groups in total. The zero-order chi connectivity index (χ0) is 40.8. The molecule has 2 aliphatic heterocycles. The van der Waals surface area contributed by atoms with Gasteiger partial charge in [-0.3, -0.25) is 9.97 Å². The van der Waals surface area contributed by atoms with E-state index in [1.165, 1.54) is 58.9 Å². The molecule has 8 nitrogen and oxygen atoms in total. The number of carboxylic acid groups (broad SMARTS) is 2. The fourth-order valence-corrected chi connectivity index (χ4v) is 8.04. The second-order valence-electron chi connectivity index (χ2n) is 14.4. The van der Waals surface area contributed by atoms with Crippen molar-refractivity contribution < 1.29 is 28.6 Å². The number of aryl methyl sites for hydroxylation is 2. The van der Waals surface area contributed by atoms with E-state index in [4.69, 9.17) is 23.2 Å². The molecule has 0 radical (unpaired) electrons. The van der Waals surface area contributed by atoms with Crippen LogP contribution in [0.4, 0.5) is 8.78 Å². The van der Waals surface area contributed by atoms with Gasteiger partial charge in [0, 0.05) is 36.9 Å². The number of carbonyl (C=O) groups is 2. The number of rotatable bonds is 10. The number of aromatic carboxylic acids is 2. The van der Waals surface area contributed by atoms with Crippen molar-refractivity contribution in [2.24, 2.45) is 0 Å². The molecule has 6 aromatic rings. The van der Waals surface area contributed by atoms with Crippen molar-refractivity contribution >= 4 is 35.1 Å². The minimum absolute atomic E-state index is 0.118. The second kappa shape index (κ2) is 18.4. The molecular formula is C46H40Cl2F2N4O4. The SMILES string of the molecule is O=C(O)c1ccncc1CC[C@@H]1NCCc2cc(-c3ccc(Cl)c(F)c3)ccc21.O=C(O)c1ccncc1CC[C@H]1NCCc2cc(-c3ccc(Cl)c(F)c3)ccc21. The topological polar surface area (TPSA) is 124 Å². The van der Waals surface area contributed by atoms with Crippen LogP contribution in [0, 0.1) is 11.6 Å². The highest BCUT2D eigenvalue weighted by Gasteiger charge is 2.23. The molecule has 0 bridgehead atoms. The second-order valence-corrected chi connectivity index (χ2v) is 15.2. The molecule has 0 aliphatic carbocycles. The molecule has 296 valence electrons. The predicted molar refractivity (Wildman–Crippen MR) is 222 cm³/mol. The number of benzene rings is 4. The highest BCUT2D eigenvalue weighted by Crippen LogP contribution is 2.34. The number of nitrogens with one attached hydrogen (secondary N) is 2. The number of pyridine rings is 2. The van der Waals surface area contributed by atoms with Gasteiger partial charge in [0.2, 0.25) is 0 Å². The van der Waals surface area contributed by atoms with Crippen molar-refractivity contribution in [3.63, 3.8) is 0 Å². The van der Waals surface area contributed by atoms with Gasteiger partial charge in [-0.15, -0.1) is 0 Å². The summed E-state index contributed by atoms with van der Waals surface area (Å²) in [7, 11) is 0. The normalized spacial score (nSPS) is 15.7. The van der Waals surface area contributed by atoms with Crippen LogP contribution in [0.5, 0.6) is 0 Å². The van der Waals surface area contributed by atoms with E-state index in [0.717, 1.165) is 72.2 Å². The number of nitrogens with zero attached hydrogens (tertiary/aromatic N) is 2. The molecule has 2 aromatic heterocycles. The fraction of sp³-hybridized carbons (Fsp3) is 0.217. The van der Waals surface area contributed by atoms with Crippen molar-refractivity contribution in [2.75, 3.05) is 13.1 Å². The predicted octanol–water partition coefficient (Wildman–Crippen LogP) is 10.1. The van der Waals surface area contributed by atoms with Crippen molar-refractivity contribution in [3.8, 4) is 22.3 Å². The number of hydrogen-bond acceptors (Lipinski definition) is 6. The third-order valence-electron chi connectivity index (χ3n) is 10.8. The van der Waals surface area contributed by atoms with Gasteiger partial charge < -0.3 is 20.8 Å². The number of fused-ring (bicyclic) bond motifs is 2. The Morgan fingerprint density at radius 2 is 1.00 bits per heavy atom. The van der Waals surface area contributed by atoms with E-state index in [9.17, 15) is 28.6 Å². The van der Waals surface area contributed by atoms with E-state index < -0.39 is 23.6 Å². The van der Waals surface area contributed by atoms with Gasteiger partial charge in [0.05, 0.1) is 21.2 Å². The highest BCUT2D eigenvalue weighted by molar-refractivity contribution is 6.31. The molecule has 0 saturated heterocycles. The van der Waals surface area contributed by atoms with Crippen LogP contribution < -0.4 is 10.6 Å². The first-order valence-corrected chi connectivity index (χ1v) is 19.8. The van der Waals surface area contributed by atoms with Crippen LogP contribution in [0.25, 0.3) is 22.3 Å². The van der Waals surface area contributed by atoms with E-state index in [1.807, 2.05) is 24.3 Å². The molecule has 58 heavy (non-hydrogen) atoms. The molecule has 8 rings (SSSR count). The van der Waals surface area contributed by atoms with Crippen LogP contribution in [0.2, 0.25) is 10.0 Å². The highest BCUT2D eigenvalue weighted by atomic mass is 35.5. The lowest BCUT2D eigenvalue weighted by atomic mass is 9.88. The summed E-state index contributed by atoms with van der Waals surface area (Å²) in [5.41, 5.74) is 10.5. The van der Waals surface area contributed by atoms with Crippen LogP contribution in [0.3, 0.4) is 0 Å². The van der Waals surface area contributed by atoms with Crippen molar-refractivity contribution in [1.82, 2.24) is 20.6 Å². The van der Waals surface area contributed by atoms with Gasteiger partial charge in [-0.05, 0) is 144 Å². The zero-order valence-corrected chi connectivity index (χ0v) is 32.8. The van der Waals surface area contributed by atoms with Gasteiger partial charge in [-0.25, -0.2) is 18.4 Å². The smallest absolute Gasteiger partial charge is 0.336 e. The molecule has 0 unspecified atom stereocenters. The largest absolute Gasteiger partial charge is 0.478 e. The Morgan fingerprint density at radius 1 is 0.603 bits per heavy atom. The van der Waals surface area contributed by atoms with E-state index in [1.54, 1.807) is 24.5 Å². The summed E-state index contributed by atoms with van der Waals surface area (Å²) in [6.45, 7) is 1.68. The summed E-state index contributed by atoms with van der Waals surface area (Å²) in [6, 6.07) is 25.4. The Morgan fingerprint density at radius 3 is 1.40 bits per heavy atom. The third-order valence-corrected chi connectivity index (χ3v) is 11.4. The molecule has 0 fully saturated rings. The van der Waals surface area contributed by atoms with Crippen LogP contribution in [-0.2, 0) is 25.7 Å². The van der Waals surface area contributed by atoms with Crippen molar-refractivity contribution in [2.45, 2.75) is 50.6 Å². The zero-order valence-electron chi connectivity index (χ0n) is 31.3. The van der Waals surface area contributed by atoms with Gasteiger partial charge in [0.1, 0.15) is 11.6 Å². The Hall–Kier alpha value is -5.52. The molecule has 0 saturated carbocycles. The average molecular weight is 822 g/mol. The van der Waals surface area contributed by atoms with E-state index in [2.05, 4.69) is 44.9 Å². The molecule has 4 heterocycles. The van der Waals surface area contributed by atoms with Crippen molar-refractivity contribution in [3.05, 3.63) is 176 Å². The van der Waals surface area contributed by atoms with Gasteiger partial charge in [-0.1, -0.05) is 71.7 Å². The Labute approximate surface area is 344 Å². The Kier molecular flexibility index (Phi) is 12.9. The lowest BCUT2D eigenvalue weighted by Crippen LogP contribution is -2.30. The number of hydrogen-bond donors (Lipinski definition) is 4. The minimum Gasteiger partial charge on any atom is -0.478 e. The van der Waals surface area contributed by atoms with Gasteiger partial charge in [-0.2, -0.15) is 0 Å².